The second kappa shape index (κ2) is 9.02. The highest BCUT2D eigenvalue weighted by atomic mass is 16.6. The minimum Gasteiger partial charge on any atom is -0.493 e. The quantitative estimate of drug-likeness (QED) is 0.346. The predicted octanol–water partition coefficient (Wildman–Crippen LogP) is 3.69. The van der Waals surface area contributed by atoms with Crippen molar-refractivity contribution >= 4 is 16.7 Å². The smallest absolute Gasteiger partial charge is 0.364 e. The van der Waals surface area contributed by atoms with Crippen molar-refractivity contribution in [1.29, 1.82) is 5.26 Å². The maximum absolute atomic E-state index is 12.9. The van der Waals surface area contributed by atoms with Crippen LogP contribution >= 0.6 is 0 Å². The summed E-state index contributed by atoms with van der Waals surface area (Å²) < 4.78 is 12.0. The monoisotopic (exact) mass is 391 g/mol. The van der Waals surface area contributed by atoms with Gasteiger partial charge in [0.1, 0.15) is 0 Å². The number of hydrogen-bond acceptors (Lipinski definition) is 6. The molecule has 0 atom stereocenters. The van der Waals surface area contributed by atoms with Gasteiger partial charge >= 0.3 is 5.97 Å². The Morgan fingerprint density at radius 1 is 1.14 bits per heavy atom. The molecule has 0 radical (unpaired) electrons. The summed E-state index contributed by atoms with van der Waals surface area (Å²) in [6, 6.07) is 13.4. The second-order valence-corrected chi connectivity index (χ2v) is 6.50. The van der Waals surface area contributed by atoms with Crippen LogP contribution in [0.4, 0.5) is 0 Å². The van der Waals surface area contributed by atoms with E-state index >= 15 is 0 Å². The Kier molecular flexibility index (Phi) is 6.25. The molecule has 148 valence electrons. The molecule has 3 rings (SSSR count). The molecule has 0 unspecified atom stereocenters. The second-order valence-electron chi connectivity index (χ2n) is 6.50. The van der Waals surface area contributed by atoms with Gasteiger partial charge in [0, 0.05) is 18.0 Å². The lowest BCUT2D eigenvalue weighted by Crippen LogP contribution is -2.27. The Bertz CT molecular complexity index is 1140. The molecule has 7 nitrogen and oxygen atoms in total. The number of hydrogen-bond donors (Lipinski definition) is 0. The van der Waals surface area contributed by atoms with Crippen LogP contribution in [0.1, 0.15) is 42.2 Å². The van der Waals surface area contributed by atoms with Crippen LogP contribution in [0.2, 0.25) is 0 Å². The molecule has 0 spiro atoms. The van der Waals surface area contributed by atoms with Crippen LogP contribution in [0.5, 0.6) is 11.5 Å². The normalized spacial score (nSPS) is 10.5. The molecule has 0 aliphatic carbocycles. The van der Waals surface area contributed by atoms with Gasteiger partial charge in [-0.25, -0.2) is 9.48 Å². The summed E-state index contributed by atoms with van der Waals surface area (Å²) in [5.74, 6) is -0.266. The van der Waals surface area contributed by atoms with Crippen molar-refractivity contribution in [2.45, 2.75) is 32.7 Å². The summed E-state index contributed by atoms with van der Waals surface area (Å²) in [6.07, 6.45) is 2.76. The molecule has 1 heterocycles. The van der Waals surface area contributed by atoms with E-state index in [4.69, 9.17) is 14.7 Å². The van der Waals surface area contributed by atoms with Crippen LogP contribution < -0.4 is 15.0 Å². The van der Waals surface area contributed by atoms with E-state index in [2.05, 4.69) is 12.0 Å². The third-order valence-corrected chi connectivity index (χ3v) is 4.53. The van der Waals surface area contributed by atoms with Gasteiger partial charge in [-0.2, -0.15) is 10.4 Å². The SMILES string of the molecule is CCCCCn1nc(C(=O)Oc2ccc(C#N)cc2OC)c2ccccc2c1=O. The van der Waals surface area contributed by atoms with Crippen LogP contribution in [0.25, 0.3) is 10.8 Å². The number of esters is 1. The van der Waals surface area contributed by atoms with E-state index < -0.39 is 5.97 Å². The van der Waals surface area contributed by atoms with Crippen LogP contribution in [-0.4, -0.2) is 22.9 Å². The molecule has 0 aliphatic rings. The maximum Gasteiger partial charge on any atom is 0.364 e. The highest BCUT2D eigenvalue weighted by Crippen LogP contribution is 2.29. The third-order valence-electron chi connectivity index (χ3n) is 4.53. The lowest BCUT2D eigenvalue weighted by molar-refractivity contribution is 0.0723. The number of nitrogens with zero attached hydrogens (tertiary/aromatic N) is 3. The van der Waals surface area contributed by atoms with E-state index in [9.17, 15) is 9.59 Å². The first kappa shape index (κ1) is 20.1. The van der Waals surface area contributed by atoms with Crippen molar-refractivity contribution < 1.29 is 14.3 Å². The van der Waals surface area contributed by atoms with Crippen molar-refractivity contribution in [2.24, 2.45) is 0 Å². The number of benzene rings is 2. The first-order valence-electron chi connectivity index (χ1n) is 9.39. The zero-order valence-electron chi connectivity index (χ0n) is 16.3. The molecule has 0 amide bonds. The van der Waals surface area contributed by atoms with Gasteiger partial charge in [0.25, 0.3) is 5.56 Å². The average Bonchev–Trinajstić information content (AvgIpc) is 2.75. The molecule has 2 aromatic carbocycles. The van der Waals surface area contributed by atoms with Crippen LogP contribution in [-0.2, 0) is 6.54 Å². The molecule has 0 saturated heterocycles. The molecular formula is C22H21N3O4. The van der Waals surface area contributed by atoms with Gasteiger partial charge < -0.3 is 9.47 Å². The number of carbonyl (C=O) groups excluding carboxylic acids is 1. The molecule has 0 N–H and O–H groups in total. The first-order chi connectivity index (χ1) is 14.1. The molecule has 29 heavy (non-hydrogen) atoms. The zero-order chi connectivity index (χ0) is 20.8. The lowest BCUT2D eigenvalue weighted by Gasteiger charge is -2.12. The predicted molar refractivity (Wildman–Crippen MR) is 108 cm³/mol. The van der Waals surface area contributed by atoms with Crippen molar-refractivity contribution in [2.75, 3.05) is 7.11 Å². The molecule has 0 fully saturated rings. The van der Waals surface area contributed by atoms with Gasteiger partial charge in [0.05, 0.1) is 24.1 Å². The average molecular weight is 391 g/mol. The van der Waals surface area contributed by atoms with E-state index in [1.807, 2.05) is 6.07 Å². The summed E-state index contributed by atoms with van der Waals surface area (Å²) in [5, 5.41) is 14.2. The number of aryl methyl sites for hydroxylation is 1. The fraction of sp³-hybridized carbons (Fsp3) is 0.273. The summed E-state index contributed by atoms with van der Waals surface area (Å²) in [5.41, 5.74) is 0.210. The first-order valence-corrected chi connectivity index (χ1v) is 9.39. The summed E-state index contributed by atoms with van der Waals surface area (Å²) >= 11 is 0. The number of ether oxygens (including phenoxy) is 2. The Morgan fingerprint density at radius 3 is 2.59 bits per heavy atom. The summed E-state index contributed by atoms with van der Waals surface area (Å²) in [6.45, 7) is 2.50. The fourth-order valence-electron chi connectivity index (χ4n) is 3.02. The number of unbranched alkanes of at least 4 members (excludes halogenated alkanes) is 2. The number of rotatable bonds is 7. The Morgan fingerprint density at radius 2 is 1.90 bits per heavy atom. The van der Waals surface area contributed by atoms with Crippen molar-refractivity contribution in [3.8, 4) is 17.6 Å². The van der Waals surface area contributed by atoms with Crippen LogP contribution in [0, 0.1) is 11.3 Å². The standard InChI is InChI=1S/C22H21N3O4/c1-3-4-7-12-25-21(26)17-9-6-5-8-16(17)20(24-25)22(27)29-18-11-10-15(14-23)13-19(18)28-2/h5-6,8-11,13H,3-4,7,12H2,1-2H3. The van der Waals surface area contributed by atoms with E-state index in [1.165, 1.54) is 30.0 Å². The molecule has 1 aromatic heterocycles. The molecule has 0 aliphatic heterocycles. The lowest BCUT2D eigenvalue weighted by atomic mass is 10.1. The van der Waals surface area contributed by atoms with Crippen LogP contribution in [0.15, 0.2) is 47.3 Å². The molecule has 3 aromatic rings. The highest BCUT2D eigenvalue weighted by Gasteiger charge is 2.20. The highest BCUT2D eigenvalue weighted by molar-refractivity contribution is 6.03. The molecule has 0 bridgehead atoms. The van der Waals surface area contributed by atoms with Crippen molar-refractivity contribution in [1.82, 2.24) is 9.78 Å². The van der Waals surface area contributed by atoms with E-state index in [0.29, 0.717) is 22.9 Å². The van der Waals surface area contributed by atoms with Crippen molar-refractivity contribution in [3.63, 3.8) is 0 Å². The topological polar surface area (TPSA) is 94.2 Å². The maximum atomic E-state index is 12.9. The number of methoxy groups -OCH3 is 1. The van der Waals surface area contributed by atoms with Gasteiger partial charge in [-0.1, -0.05) is 38.0 Å². The Balaban J connectivity index is 2.02. The number of carbonyl (C=O) groups is 1. The third kappa shape index (κ3) is 4.27. The van der Waals surface area contributed by atoms with Crippen LogP contribution in [0.3, 0.4) is 0 Å². The Labute approximate surface area is 168 Å². The largest absolute Gasteiger partial charge is 0.493 e. The van der Waals surface area contributed by atoms with E-state index in [1.54, 1.807) is 24.3 Å². The Hall–Kier alpha value is -3.66. The number of fused-ring (bicyclic) bond motifs is 1. The molecule has 7 heteroatoms. The fourth-order valence-corrected chi connectivity index (χ4v) is 3.02. The van der Waals surface area contributed by atoms with E-state index in [-0.39, 0.29) is 22.8 Å². The van der Waals surface area contributed by atoms with Crippen molar-refractivity contribution in [3.05, 3.63) is 64.1 Å². The minimum atomic E-state index is -0.701. The molecule has 0 saturated carbocycles. The van der Waals surface area contributed by atoms with Gasteiger partial charge in [0.2, 0.25) is 0 Å². The van der Waals surface area contributed by atoms with Gasteiger partial charge in [-0.15, -0.1) is 0 Å². The number of nitriles is 1. The summed E-state index contributed by atoms with van der Waals surface area (Å²) in [4.78, 5) is 25.6. The molecular weight excluding hydrogens is 370 g/mol. The van der Waals surface area contributed by atoms with E-state index in [0.717, 1.165) is 19.3 Å². The minimum absolute atomic E-state index is 0.0584. The van der Waals surface area contributed by atoms with Gasteiger partial charge in [-0.3, -0.25) is 4.79 Å². The number of aromatic nitrogens is 2. The van der Waals surface area contributed by atoms with Gasteiger partial charge in [0.15, 0.2) is 17.2 Å². The summed E-state index contributed by atoms with van der Waals surface area (Å²) in [7, 11) is 1.43. The zero-order valence-corrected chi connectivity index (χ0v) is 16.3. The van der Waals surface area contributed by atoms with Gasteiger partial charge in [-0.05, 0) is 24.6 Å².